The minimum atomic E-state index is -0.0754. The van der Waals surface area contributed by atoms with Gasteiger partial charge in [0, 0.05) is 26.3 Å². The van der Waals surface area contributed by atoms with E-state index in [1.54, 1.807) is 4.68 Å². The Bertz CT molecular complexity index is 375. The molecule has 1 fully saturated rings. The van der Waals surface area contributed by atoms with Crippen LogP contribution in [0.3, 0.4) is 0 Å². The van der Waals surface area contributed by atoms with Crippen LogP contribution in [0.2, 0.25) is 0 Å². The van der Waals surface area contributed by atoms with Crippen LogP contribution < -0.4 is 16.2 Å². The van der Waals surface area contributed by atoms with E-state index in [1.807, 2.05) is 19.4 Å². The van der Waals surface area contributed by atoms with Gasteiger partial charge in [0.2, 0.25) is 5.91 Å². The van der Waals surface area contributed by atoms with Crippen molar-refractivity contribution in [2.75, 3.05) is 18.0 Å². The molecule has 0 saturated carbocycles. The molecule has 0 aromatic carbocycles. The molecule has 2 heterocycles. The lowest BCUT2D eigenvalue weighted by atomic mass is 9.97. The Balaban J connectivity index is 2.04. The van der Waals surface area contributed by atoms with Gasteiger partial charge in [-0.3, -0.25) is 14.9 Å². The lowest BCUT2D eigenvalue weighted by Gasteiger charge is -2.32. The maximum atomic E-state index is 11.5. The summed E-state index contributed by atoms with van der Waals surface area (Å²) in [6.07, 6.45) is 5.69. The molecule has 0 unspecified atom stereocenters. The van der Waals surface area contributed by atoms with Gasteiger partial charge in [-0.2, -0.15) is 5.10 Å². The fourth-order valence-electron chi connectivity index (χ4n) is 2.12. The third-order valence-electron chi connectivity index (χ3n) is 2.99. The zero-order valence-corrected chi connectivity index (χ0v) is 9.39. The molecule has 0 bridgehead atoms. The number of piperidine rings is 1. The minimum absolute atomic E-state index is 0.0149. The lowest BCUT2D eigenvalue weighted by Crippen LogP contribution is -2.45. The second-order valence-corrected chi connectivity index (χ2v) is 4.17. The van der Waals surface area contributed by atoms with Crippen molar-refractivity contribution >= 4 is 11.6 Å². The van der Waals surface area contributed by atoms with Crippen LogP contribution in [0, 0.1) is 5.92 Å². The Morgan fingerprint density at radius 2 is 2.50 bits per heavy atom. The molecule has 1 aliphatic heterocycles. The summed E-state index contributed by atoms with van der Waals surface area (Å²) in [5, 5.41) is 4.13. The summed E-state index contributed by atoms with van der Waals surface area (Å²) < 4.78 is 1.77. The van der Waals surface area contributed by atoms with Crippen molar-refractivity contribution in [3.05, 3.63) is 12.4 Å². The average Bonchev–Trinajstić information content (AvgIpc) is 2.75. The van der Waals surface area contributed by atoms with Crippen molar-refractivity contribution in [2.45, 2.75) is 12.8 Å². The highest BCUT2D eigenvalue weighted by Gasteiger charge is 2.25. The maximum Gasteiger partial charge on any atom is 0.238 e. The van der Waals surface area contributed by atoms with Crippen LogP contribution in [-0.2, 0) is 11.8 Å². The van der Waals surface area contributed by atoms with Crippen molar-refractivity contribution in [1.29, 1.82) is 0 Å². The predicted molar refractivity (Wildman–Crippen MR) is 60.5 cm³/mol. The molecule has 0 spiro atoms. The number of aryl methyl sites for hydroxylation is 1. The highest BCUT2D eigenvalue weighted by molar-refractivity contribution is 5.78. The number of aromatic nitrogens is 2. The van der Waals surface area contributed by atoms with E-state index in [0.717, 1.165) is 25.1 Å². The van der Waals surface area contributed by atoms with E-state index in [9.17, 15) is 4.79 Å². The fraction of sp³-hybridized carbons (Fsp3) is 0.600. The van der Waals surface area contributed by atoms with Crippen LogP contribution in [-0.4, -0.2) is 28.8 Å². The number of carbonyl (C=O) groups excluding carboxylic acids is 1. The molecule has 1 saturated heterocycles. The van der Waals surface area contributed by atoms with Gasteiger partial charge in [-0.15, -0.1) is 0 Å². The number of nitrogens with two attached hydrogens (primary N) is 1. The summed E-state index contributed by atoms with van der Waals surface area (Å²) in [7, 11) is 1.89. The molecule has 16 heavy (non-hydrogen) atoms. The average molecular weight is 223 g/mol. The van der Waals surface area contributed by atoms with E-state index in [2.05, 4.69) is 15.4 Å². The van der Waals surface area contributed by atoms with Gasteiger partial charge in [-0.05, 0) is 12.8 Å². The van der Waals surface area contributed by atoms with Crippen LogP contribution in [0.25, 0.3) is 0 Å². The molecule has 1 atom stereocenters. The van der Waals surface area contributed by atoms with E-state index < -0.39 is 0 Å². The smallest absolute Gasteiger partial charge is 0.238 e. The second kappa shape index (κ2) is 4.52. The van der Waals surface area contributed by atoms with Gasteiger partial charge in [0.15, 0.2) is 0 Å². The quantitative estimate of drug-likeness (QED) is 0.407. The Kier molecular flexibility index (Phi) is 3.09. The van der Waals surface area contributed by atoms with Crippen molar-refractivity contribution in [3.8, 4) is 0 Å². The molecule has 3 N–H and O–H groups in total. The van der Waals surface area contributed by atoms with Crippen molar-refractivity contribution in [3.63, 3.8) is 0 Å². The first kappa shape index (κ1) is 10.9. The van der Waals surface area contributed by atoms with Gasteiger partial charge in [0.1, 0.15) is 0 Å². The largest absolute Gasteiger partial charge is 0.368 e. The van der Waals surface area contributed by atoms with Crippen LogP contribution in [0.15, 0.2) is 12.4 Å². The number of nitrogens with zero attached hydrogens (tertiary/aromatic N) is 3. The number of rotatable bonds is 2. The highest BCUT2D eigenvalue weighted by Crippen LogP contribution is 2.22. The summed E-state index contributed by atoms with van der Waals surface area (Å²) in [4.78, 5) is 13.6. The predicted octanol–water partition coefficient (Wildman–Crippen LogP) is -0.374. The standard InChI is InChI=1S/C10H17N5O/c1-14-7-9(5-12-14)15-4-2-3-8(6-15)10(16)13-11/h5,7-8H,2-4,6,11H2,1H3,(H,13,16)/t8-/m0/s1. The molecular formula is C10H17N5O. The SMILES string of the molecule is Cn1cc(N2CCC[C@H](C(=O)NN)C2)cn1. The molecule has 2 rings (SSSR count). The normalized spacial score (nSPS) is 20.9. The molecular weight excluding hydrogens is 206 g/mol. The fourth-order valence-corrected chi connectivity index (χ4v) is 2.12. The van der Waals surface area contributed by atoms with E-state index in [0.29, 0.717) is 6.54 Å². The topological polar surface area (TPSA) is 76.2 Å². The molecule has 6 nitrogen and oxygen atoms in total. The summed E-state index contributed by atoms with van der Waals surface area (Å²) in [6.45, 7) is 1.69. The highest BCUT2D eigenvalue weighted by atomic mass is 16.2. The summed E-state index contributed by atoms with van der Waals surface area (Å²) >= 11 is 0. The Labute approximate surface area is 94.4 Å². The van der Waals surface area contributed by atoms with Crippen molar-refractivity contribution in [2.24, 2.45) is 18.8 Å². The first-order chi connectivity index (χ1) is 7.70. The molecule has 0 radical (unpaired) electrons. The summed E-state index contributed by atoms with van der Waals surface area (Å²) in [5.74, 6) is 5.07. The van der Waals surface area contributed by atoms with Crippen LogP contribution in [0.5, 0.6) is 0 Å². The van der Waals surface area contributed by atoms with Crippen molar-refractivity contribution < 1.29 is 4.79 Å². The maximum absolute atomic E-state index is 11.5. The first-order valence-corrected chi connectivity index (χ1v) is 5.44. The Morgan fingerprint density at radius 3 is 3.12 bits per heavy atom. The number of amides is 1. The minimum Gasteiger partial charge on any atom is -0.368 e. The second-order valence-electron chi connectivity index (χ2n) is 4.17. The van der Waals surface area contributed by atoms with E-state index in [-0.39, 0.29) is 11.8 Å². The van der Waals surface area contributed by atoms with E-state index >= 15 is 0 Å². The van der Waals surface area contributed by atoms with Gasteiger partial charge in [-0.25, -0.2) is 5.84 Å². The monoisotopic (exact) mass is 223 g/mol. The Hall–Kier alpha value is -1.56. The molecule has 1 amide bonds. The van der Waals surface area contributed by atoms with Gasteiger partial charge in [0.05, 0.1) is 17.8 Å². The van der Waals surface area contributed by atoms with Crippen LogP contribution >= 0.6 is 0 Å². The number of carbonyl (C=O) groups is 1. The number of nitrogens with one attached hydrogen (secondary N) is 1. The van der Waals surface area contributed by atoms with E-state index in [1.165, 1.54) is 0 Å². The van der Waals surface area contributed by atoms with Gasteiger partial charge in [-0.1, -0.05) is 0 Å². The molecule has 6 heteroatoms. The third-order valence-corrected chi connectivity index (χ3v) is 2.99. The van der Waals surface area contributed by atoms with Crippen LogP contribution in [0.1, 0.15) is 12.8 Å². The zero-order valence-electron chi connectivity index (χ0n) is 9.39. The Morgan fingerprint density at radius 1 is 1.69 bits per heavy atom. The number of hydrogen-bond donors (Lipinski definition) is 2. The number of hydrogen-bond acceptors (Lipinski definition) is 4. The summed E-state index contributed by atoms with van der Waals surface area (Å²) in [5.41, 5.74) is 3.29. The van der Waals surface area contributed by atoms with Gasteiger partial charge in [0.25, 0.3) is 0 Å². The third kappa shape index (κ3) is 2.16. The molecule has 1 aliphatic rings. The lowest BCUT2D eigenvalue weighted by molar-refractivity contribution is -0.125. The molecule has 1 aromatic rings. The van der Waals surface area contributed by atoms with Crippen LogP contribution in [0.4, 0.5) is 5.69 Å². The first-order valence-electron chi connectivity index (χ1n) is 5.44. The van der Waals surface area contributed by atoms with Gasteiger partial charge >= 0.3 is 0 Å². The zero-order chi connectivity index (χ0) is 11.5. The molecule has 0 aliphatic carbocycles. The molecule has 88 valence electrons. The number of hydrazine groups is 1. The molecule has 1 aromatic heterocycles. The summed E-state index contributed by atoms with van der Waals surface area (Å²) in [6, 6.07) is 0. The van der Waals surface area contributed by atoms with Gasteiger partial charge < -0.3 is 4.90 Å². The van der Waals surface area contributed by atoms with E-state index in [4.69, 9.17) is 5.84 Å². The van der Waals surface area contributed by atoms with Crippen molar-refractivity contribution in [1.82, 2.24) is 15.2 Å². The number of anilines is 1.